The van der Waals surface area contributed by atoms with Gasteiger partial charge in [-0.1, -0.05) is 0 Å². The zero-order valence-corrected chi connectivity index (χ0v) is 9.76. The van der Waals surface area contributed by atoms with Gasteiger partial charge in [0.15, 0.2) is 4.88 Å². The Morgan fingerprint density at radius 3 is 2.87 bits per heavy atom. The van der Waals surface area contributed by atoms with Crippen LogP contribution in [-0.2, 0) is 4.74 Å². The first-order valence-electron chi connectivity index (χ1n) is 4.54. The first-order valence-corrected chi connectivity index (χ1v) is 5.35. The highest BCUT2D eigenvalue weighted by Crippen LogP contribution is 2.28. The molecule has 15 heavy (non-hydrogen) atoms. The molecule has 5 heteroatoms. The molecule has 0 saturated heterocycles. The van der Waals surface area contributed by atoms with Crippen LogP contribution in [0.25, 0.3) is 0 Å². The molecule has 0 aromatic carbocycles. The highest BCUT2D eigenvalue weighted by atomic mass is 32.1. The van der Waals surface area contributed by atoms with E-state index in [1.54, 1.807) is 13.2 Å². The summed E-state index contributed by atoms with van der Waals surface area (Å²) in [6.45, 7) is 4.07. The second kappa shape index (κ2) is 5.14. The molecule has 0 saturated carbocycles. The van der Waals surface area contributed by atoms with Crippen molar-refractivity contribution in [3.63, 3.8) is 0 Å². The number of hydrogen-bond acceptors (Lipinski definition) is 4. The molecule has 0 amide bonds. The van der Waals surface area contributed by atoms with Crippen molar-refractivity contribution in [3.05, 3.63) is 15.8 Å². The van der Waals surface area contributed by atoms with E-state index in [1.807, 2.05) is 13.8 Å². The van der Waals surface area contributed by atoms with E-state index in [9.17, 15) is 4.79 Å². The Labute approximate surface area is 92.4 Å². The van der Waals surface area contributed by atoms with Gasteiger partial charge in [-0.15, -0.1) is 11.3 Å². The van der Waals surface area contributed by atoms with E-state index in [2.05, 4.69) is 0 Å². The molecule has 1 unspecified atom stereocenters. The lowest BCUT2D eigenvalue weighted by molar-refractivity contribution is 0.0653. The Morgan fingerprint density at radius 2 is 2.33 bits per heavy atom. The van der Waals surface area contributed by atoms with Gasteiger partial charge in [0.05, 0.1) is 6.10 Å². The number of thiophene rings is 1. The van der Waals surface area contributed by atoms with Gasteiger partial charge < -0.3 is 14.6 Å². The van der Waals surface area contributed by atoms with E-state index in [0.29, 0.717) is 12.4 Å². The lowest BCUT2D eigenvalue weighted by atomic mass is 10.4. The lowest BCUT2D eigenvalue weighted by Crippen LogP contribution is -2.16. The minimum atomic E-state index is -0.951. The molecule has 0 aliphatic rings. The zero-order valence-electron chi connectivity index (χ0n) is 8.94. The minimum Gasteiger partial charge on any atom is -0.489 e. The molecule has 0 spiro atoms. The third-order valence-corrected chi connectivity index (χ3v) is 2.91. The molecule has 0 radical (unpaired) electrons. The van der Waals surface area contributed by atoms with Crippen molar-refractivity contribution in [2.24, 2.45) is 0 Å². The fourth-order valence-corrected chi connectivity index (χ4v) is 1.82. The van der Waals surface area contributed by atoms with Crippen molar-refractivity contribution < 1.29 is 19.4 Å². The van der Waals surface area contributed by atoms with Gasteiger partial charge in [0.1, 0.15) is 12.4 Å². The molecule has 84 valence electrons. The molecule has 1 rings (SSSR count). The topological polar surface area (TPSA) is 55.8 Å². The van der Waals surface area contributed by atoms with Gasteiger partial charge in [0, 0.05) is 12.0 Å². The van der Waals surface area contributed by atoms with Crippen LogP contribution in [0.15, 0.2) is 6.07 Å². The zero-order chi connectivity index (χ0) is 11.4. The average Bonchev–Trinajstić information content (AvgIpc) is 2.56. The number of carboxylic acids is 1. The average molecular weight is 230 g/mol. The minimum absolute atomic E-state index is 0.0492. The highest BCUT2D eigenvalue weighted by Gasteiger charge is 2.15. The second-order valence-electron chi connectivity index (χ2n) is 3.21. The van der Waals surface area contributed by atoms with Gasteiger partial charge in [-0.05, 0) is 19.9 Å². The van der Waals surface area contributed by atoms with Crippen molar-refractivity contribution in [2.75, 3.05) is 13.7 Å². The molecule has 0 bridgehead atoms. The van der Waals surface area contributed by atoms with Gasteiger partial charge in [0.2, 0.25) is 0 Å². The number of ether oxygens (including phenoxy) is 2. The highest BCUT2D eigenvalue weighted by molar-refractivity contribution is 7.14. The van der Waals surface area contributed by atoms with Crippen LogP contribution in [0.5, 0.6) is 5.75 Å². The van der Waals surface area contributed by atoms with Crippen molar-refractivity contribution in [1.82, 2.24) is 0 Å². The fourth-order valence-electron chi connectivity index (χ4n) is 1.02. The van der Waals surface area contributed by atoms with Gasteiger partial charge in [-0.2, -0.15) is 0 Å². The second-order valence-corrected chi connectivity index (χ2v) is 4.47. The Hall–Kier alpha value is -1.07. The summed E-state index contributed by atoms with van der Waals surface area (Å²) in [5.74, 6) is -0.526. The molecule has 0 aliphatic carbocycles. The number of hydrogen-bond donors (Lipinski definition) is 1. The van der Waals surface area contributed by atoms with Crippen molar-refractivity contribution in [2.45, 2.75) is 20.0 Å². The van der Waals surface area contributed by atoms with Gasteiger partial charge in [0.25, 0.3) is 0 Å². The Balaban J connectivity index is 2.71. The van der Waals surface area contributed by atoms with Gasteiger partial charge in [-0.25, -0.2) is 4.79 Å². The Morgan fingerprint density at radius 1 is 1.67 bits per heavy atom. The molecule has 0 fully saturated rings. The third-order valence-electron chi connectivity index (χ3n) is 1.89. The van der Waals surface area contributed by atoms with E-state index >= 15 is 0 Å². The normalized spacial score (nSPS) is 12.5. The first kappa shape index (κ1) is 12.0. The lowest BCUT2D eigenvalue weighted by Gasteiger charge is -2.10. The maximum atomic E-state index is 10.8. The predicted octanol–water partition coefficient (Wildman–Crippen LogP) is 2.17. The molecule has 1 atom stereocenters. The van der Waals surface area contributed by atoms with Crippen LogP contribution < -0.4 is 4.74 Å². The summed E-state index contributed by atoms with van der Waals surface area (Å²) in [4.78, 5) is 12.0. The number of aryl methyl sites for hydroxylation is 1. The van der Waals surface area contributed by atoms with Crippen LogP contribution in [0, 0.1) is 6.92 Å². The third kappa shape index (κ3) is 3.21. The number of aromatic carboxylic acids is 1. The van der Waals surface area contributed by atoms with Crippen LogP contribution in [0.1, 0.15) is 21.5 Å². The van der Waals surface area contributed by atoms with E-state index in [4.69, 9.17) is 14.6 Å². The molecule has 1 aromatic heterocycles. The summed E-state index contributed by atoms with van der Waals surface area (Å²) in [5, 5.41) is 8.90. The molecule has 1 N–H and O–H groups in total. The monoisotopic (exact) mass is 230 g/mol. The summed E-state index contributed by atoms with van der Waals surface area (Å²) in [7, 11) is 1.59. The molecule has 1 aromatic rings. The number of rotatable bonds is 5. The van der Waals surface area contributed by atoms with Crippen LogP contribution in [-0.4, -0.2) is 30.9 Å². The summed E-state index contributed by atoms with van der Waals surface area (Å²) in [5.41, 5.74) is 0. The quantitative estimate of drug-likeness (QED) is 0.842. The molecular weight excluding hydrogens is 216 g/mol. The van der Waals surface area contributed by atoms with Crippen molar-refractivity contribution in [3.8, 4) is 5.75 Å². The standard InChI is InChI=1S/C10H14O4S/c1-6(13-3)5-14-8-4-7(2)15-9(8)10(11)12/h4,6H,5H2,1-3H3,(H,11,12). The van der Waals surface area contributed by atoms with Crippen LogP contribution in [0.3, 0.4) is 0 Å². The fraction of sp³-hybridized carbons (Fsp3) is 0.500. The summed E-state index contributed by atoms with van der Waals surface area (Å²) >= 11 is 1.22. The number of methoxy groups -OCH3 is 1. The van der Waals surface area contributed by atoms with E-state index in [1.165, 1.54) is 11.3 Å². The predicted molar refractivity (Wildman–Crippen MR) is 58.0 cm³/mol. The summed E-state index contributed by atoms with van der Waals surface area (Å²) < 4.78 is 10.4. The van der Waals surface area contributed by atoms with Crippen LogP contribution in [0.4, 0.5) is 0 Å². The summed E-state index contributed by atoms with van der Waals surface area (Å²) in [6, 6.07) is 1.73. The first-order chi connectivity index (χ1) is 7.04. The Bertz CT molecular complexity index is 345. The van der Waals surface area contributed by atoms with Crippen molar-refractivity contribution in [1.29, 1.82) is 0 Å². The SMILES string of the molecule is COC(C)COc1cc(C)sc1C(=O)O. The van der Waals surface area contributed by atoms with Gasteiger partial charge >= 0.3 is 5.97 Å². The number of carboxylic acid groups (broad SMARTS) is 1. The van der Waals surface area contributed by atoms with E-state index in [0.717, 1.165) is 4.88 Å². The van der Waals surface area contributed by atoms with Crippen LogP contribution >= 0.6 is 11.3 Å². The molecule has 0 aliphatic heterocycles. The van der Waals surface area contributed by atoms with Gasteiger partial charge in [-0.3, -0.25) is 0 Å². The van der Waals surface area contributed by atoms with E-state index in [-0.39, 0.29) is 11.0 Å². The molecule has 1 heterocycles. The molecule has 4 nitrogen and oxygen atoms in total. The Kier molecular flexibility index (Phi) is 4.11. The van der Waals surface area contributed by atoms with E-state index < -0.39 is 5.97 Å². The number of carbonyl (C=O) groups is 1. The maximum Gasteiger partial charge on any atom is 0.349 e. The maximum absolute atomic E-state index is 10.8. The largest absolute Gasteiger partial charge is 0.489 e. The molecular formula is C10H14O4S. The van der Waals surface area contributed by atoms with Crippen molar-refractivity contribution >= 4 is 17.3 Å². The van der Waals surface area contributed by atoms with Crippen LogP contribution in [0.2, 0.25) is 0 Å². The smallest absolute Gasteiger partial charge is 0.349 e. The summed E-state index contributed by atoms with van der Waals surface area (Å²) in [6.07, 6.45) is -0.0492.